The molecule has 0 atom stereocenters. The maximum atomic E-state index is 9.50. The predicted molar refractivity (Wildman–Crippen MR) is 153 cm³/mol. The van der Waals surface area contributed by atoms with E-state index in [1.165, 1.54) is 5.56 Å². The maximum Gasteiger partial charge on any atom is 0.0991 e. The molecular formula is C30H49F3N2O. The van der Waals surface area contributed by atoms with Crippen LogP contribution in [0, 0.1) is 11.3 Å². The number of nitrogens with two attached hydrogens (primary N) is 1. The van der Waals surface area contributed by atoms with E-state index in [0.29, 0.717) is 33.6 Å². The first kappa shape index (κ1) is 46.2. The molecule has 3 nitrogen and oxygen atoms in total. The van der Waals surface area contributed by atoms with Crippen LogP contribution in [0.3, 0.4) is 0 Å². The third-order valence-corrected chi connectivity index (χ3v) is 3.01. The predicted octanol–water partition coefficient (Wildman–Crippen LogP) is 8.72. The molecule has 0 aliphatic carbocycles. The number of aliphatic hydroxyl groups is 1. The van der Waals surface area contributed by atoms with Crippen LogP contribution in [0.15, 0.2) is 91.0 Å². The number of halogens is 3. The Hall–Kier alpha value is -3.14. The molecule has 0 bridgehead atoms. The summed E-state index contributed by atoms with van der Waals surface area (Å²) in [4.78, 5) is 0. The molecule has 3 rings (SSSR count). The zero-order valence-corrected chi connectivity index (χ0v) is 23.7. The minimum atomic E-state index is 0.140. The highest BCUT2D eigenvalue weighted by molar-refractivity contribution is 5.27. The van der Waals surface area contributed by atoms with Crippen LogP contribution in [0.5, 0.6) is 0 Å². The number of rotatable bonds is 2. The van der Waals surface area contributed by atoms with Crippen LogP contribution >= 0.6 is 0 Å². The second-order valence-corrected chi connectivity index (χ2v) is 4.81. The molecule has 0 aliphatic rings. The molecule has 0 amide bonds. The van der Waals surface area contributed by atoms with Crippen LogP contribution in [0.25, 0.3) is 0 Å². The summed E-state index contributed by atoms with van der Waals surface area (Å²) in [6.45, 7) is 12.8. The number of hydrogen-bond donors (Lipinski definition) is 2. The Bertz CT molecular complexity index is 669. The summed E-state index contributed by atoms with van der Waals surface area (Å²) >= 11 is 0. The molecule has 0 saturated carbocycles. The van der Waals surface area contributed by atoms with Gasteiger partial charge < -0.3 is 10.8 Å². The average Bonchev–Trinajstić information content (AvgIpc) is 3.05. The van der Waals surface area contributed by atoms with Gasteiger partial charge in [0.1, 0.15) is 0 Å². The molecular weight excluding hydrogens is 461 g/mol. The van der Waals surface area contributed by atoms with Crippen molar-refractivity contribution in [2.45, 2.75) is 54.7 Å². The third-order valence-electron chi connectivity index (χ3n) is 3.01. The van der Waals surface area contributed by atoms with Crippen molar-refractivity contribution < 1.29 is 18.3 Å². The molecule has 0 aromatic heterocycles. The lowest BCUT2D eigenvalue weighted by atomic mass is 10.2. The lowest BCUT2D eigenvalue weighted by Gasteiger charge is -1.90. The minimum absolute atomic E-state index is 0.140. The standard InChI is InChI=1S/C7H9N.C7H5N.C7H8O.3C2H6.3CH3F/c3*8-6-7-4-2-1-3-5-7;6*1-2/h1-5H,6,8H2;1-5H;1-5,8H,6H2;3*1-2H3;3*1H3. The molecule has 206 valence electrons. The quantitative estimate of drug-likeness (QED) is 0.362. The Balaban J connectivity index is -0.0000000775. The minimum Gasteiger partial charge on any atom is -0.392 e. The van der Waals surface area contributed by atoms with Gasteiger partial charge in [0.15, 0.2) is 0 Å². The van der Waals surface area contributed by atoms with Crippen molar-refractivity contribution >= 4 is 0 Å². The van der Waals surface area contributed by atoms with E-state index in [0.717, 1.165) is 5.56 Å². The zero-order valence-electron chi connectivity index (χ0n) is 23.7. The molecule has 0 aliphatic heterocycles. The van der Waals surface area contributed by atoms with E-state index < -0.39 is 0 Å². The van der Waals surface area contributed by atoms with E-state index in [-0.39, 0.29) is 6.61 Å². The molecule has 0 radical (unpaired) electrons. The summed E-state index contributed by atoms with van der Waals surface area (Å²) in [5.74, 6) is 0. The SMILES string of the molecule is CC.CC.CC.CF.CF.CF.N#Cc1ccccc1.NCc1ccccc1.OCc1ccccc1. The Morgan fingerprint density at radius 2 is 0.861 bits per heavy atom. The van der Waals surface area contributed by atoms with Gasteiger partial charge in [0.2, 0.25) is 0 Å². The fraction of sp³-hybridized carbons (Fsp3) is 0.367. The number of aliphatic hydroxyl groups excluding tert-OH is 1. The van der Waals surface area contributed by atoms with Crippen LogP contribution in [0.4, 0.5) is 13.2 Å². The van der Waals surface area contributed by atoms with Gasteiger partial charge >= 0.3 is 0 Å². The van der Waals surface area contributed by atoms with E-state index in [1.54, 1.807) is 12.1 Å². The molecule has 0 fully saturated rings. The van der Waals surface area contributed by atoms with Gasteiger partial charge in [-0.3, -0.25) is 13.2 Å². The molecule has 3 aromatic rings. The molecule has 3 N–H and O–H groups in total. The Morgan fingerprint density at radius 3 is 1.03 bits per heavy atom. The number of hydrogen-bond acceptors (Lipinski definition) is 3. The van der Waals surface area contributed by atoms with E-state index >= 15 is 0 Å². The normalized spacial score (nSPS) is 6.81. The van der Waals surface area contributed by atoms with Gasteiger partial charge in [-0.15, -0.1) is 0 Å². The topological polar surface area (TPSA) is 70.0 Å². The fourth-order valence-electron chi connectivity index (χ4n) is 1.71. The summed E-state index contributed by atoms with van der Waals surface area (Å²) in [6, 6.07) is 30.7. The third kappa shape index (κ3) is 38.1. The first-order chi connectivity index (χ1) is 17.8. The number of benzene rings is 3. The van der Waals surface area contributed by atoms with Crippen LogP contribution in [-0.2, 0) is 13.2 Å². The summed E-state index contributed by atoms with van der Waals surface area (Å²) in [7, 11) is 1.50. The van der Waals surface area contributed by atoms with Gasteiger partial charge in [-0.05, 0) is 23.3 Å². The highest BCUT2D eigenvalue weighted by atomic mass is 19.1. The van der Waals surface area contributed by atoms with E-state index in [2.05, 4.69) is 0 Å². The number of nitrogens with zero attached hydrogens (tertiary/aromatic N) is 1. The molecule has 0 spiro atoms. The number of alkyl halides is 3. The van der Waals surface area contributed by atoms with Crippen molar-refractivity contribution in [1.82, 2.24) is 0 Å². The number of nitriles is 1. The van der Waals surface area contributed by atoms with Gasteiger partial charge in [-0.2, -0.15) is 5.26 Å². The van der Waals surface area contributed by atoms with Crippen LogP contribution < -0.4 is 5.73 Å². The first-order valence-corrected chi connectivity index (χ1v) is 11.8. The second-order valence-electron chi connectivity index (χ2n) is 4.81. The van der Waals surface area contributed by atoms with Crippen LogP contribution in [0.2, 0.25) is 0 Å². The van der Waals surface area contributed by atoms with Crippen molar-refractivity contribution in [2.75, 3.05) is 21.5 Å². The van der Waals surface area contributed by atoms with Gasteiger partial charge in [-0.25, -0.2) is 0 Å². The molecule has 0 unspecified atom stereocenters. The highest BCUT2D eigenvalue weighted by Gasteiger charge is 1.81. The molecule has 6 heteroatoms. The summed E-state index contributed by atoms with van der Waals surface area (Å²) < 4.78 is 28.5. The lowest BCUT2D eigenvalue weighted by Crippen LogP contribution is -1.94. The van der Waals surface area contributed by atoms with Crippen molar-refractivity contribution in [3.05, 3.63) is 108 Å². The van der Waals surface area contributed by atoms with Gasteiger partial charge in [0.05, 0.1) is 39.8 Å². The monoisotopic (exact) mass is 510 g/mol. The summed E-state index contributed by atoms with van der Waals surface area (Å²) in [6.07, 6.45) is 0. The van der Waals surface area contributed by atoms with Crippen molar-refractivity contribution in [3.8, 4) is 6.07 Å². The molecule has 36 heavy (non-hydrogen) atoms. The Morgan fingerprint density at radius 1 is 0.583 bits per heavy atom. The Kier molecular flexibility index (Phi) is 68.4. The smallest absolute Gasteiger partial charge is 0.0991 e. The van der Waals surface area contributed by atoms with E-state index in [4.69, 9.17) is 16.1 Å². The van der Waals surface area contributed by atoms with Crippen LogP contribution in [-0.4, -0.2) is 26.6 Å². The van der Waals surface area contributed by atoms with Crippen molar-refractivity contribution in [1.29, 1.82) is 5.26 Å². The van der Waals surface area contributed by atoms with Gasteiger partial charge in [0, 0.05) is 6.54 Å². The molecule has 3 aromatic carbocycles. The average molecular weight is 511 g/mol. The first-order valence-electron chi connectivity index (χ1n) is 11.8. The van der Waals surface area contributed by atoms with Crippen molar-refractivity contribution in [2.24, 2.45) is 5.73 Å². The van der Waals surface area contributed by atoms with Gasteiger partial charge in [0.25, 0.3) is 0 Å². The van der Waals surface area contributed by atoms with E-state index in [1.807, 2.05) is 126 Å². The largest absolute Gasteiger partial charge is 0.392 e. The van der Waals surface area contributed by atoms with Gasteiger partial charge in [-0.1, -0.05) is 120 Å². The second kappa shape index (κ2) is 53.3. The zero-order chi connectivity index (χ0) is 29.5. The molecule has 0 saturated heterocycles. The summed E-state index contributed by atoms with van der Waals surface area (Å²) in [5, 5.41) is 16.8. The maximum absolute atomic E-state index is 9.50. The van der Waals surface area contributed by atoms with Crippen molar-refractivity contribution in [3.63, 3.8) is 0 Å². The fourth-order valence-corrected chi connectivity index (χ4v) is 1.71. The molecule has 0 heterocycles. The van der Waals surface area contributed by atoms with Crippen LogP contribution in [0.1, 0.15) is 58.2 Å². The lowest BCUT2D eigenvalue weighted by molar-refractivity contribution is 0.282. The Labute approximate surface area is 219 Å². The summed E-state index contributed by atoms with van der Waals surface area (Å²) in [5.41, 5.74) is 8.22. The van der Waals surface area contributed by atoms with E-state index in [9.17, 15) is 13.2 Å². The highest BCUT2D eigenvalue weighted by Crippen LogP contribution is 1.96.